The Morgan fingerprint density at radius 1 is 1.43 bits per heavy atom. The Balaban J connectivity index is 1.80. The Kier molecular flexibility index (Phi) is 3.85. The molecule has 1 fully saturated rings. The average molecular weight is 290 g/mol. The summed E-state index contributed by atoms with van der Waals surface area (Å²) in [5.74, 6) is 0.794. The lowest BCUT2D eigenvalue weighted by atomic mass is 10.2. The van der Waals surface area contributed by atoms with E-state index in [1.807, 2.05) is 0 Å². The molecule has 0 aliphatic carbocycles. The summed E-state index contributed by atoms with van der Waals surface area (Å²) in [5.41, 5.74) is 0.472. The molecule has 7 heteroatoms. The largest absolute Gasteiger partial charge is 0.505 e. The lowest BCUT2D eigenvalue weighted by Crippen LogP contribution is -2.42. The molecule has 21 heavy (non-hydrogen) atoms. The second-order valence-electron chi connectivity index (χ2n) is 5.30. The number of aromatic hydroxyl groups is 1. The van der Waals surface area contributed by atoms with Crippen LogP contribution in [0.3, 0.4) is 0 Å². The molecule has 1 saturated heterocycles. The lowest BCUT2D eigenvalue weighted by Gasteiger charge is -2.34. The van der Waals surface area contributed by atoms with Crippen molar-refractivity contribution in [2.45, 2.75) is 26.0 Å². The zero-order chi connectivity index (χ0) is 14.8. The number of hydrogen-bond donors (Lipinski definition) is 1. The van der Waals surface area contributed by atoms with Crippen molar-refractivity contribution in [2.24, 2.45) is 0 Å². The fraction of sp³-hybridized carbons (Fsp3) is 0.500. The Morgan fingerprint density at radius 3 is 3.05 bits per heavy atom. The first-order chi connectivity index (χ1) is 10.1. The van der Waals surface area contributed by atoms with Gasteiger partial charge in [-0.3, -0.25) is 9.88 Å². The molecule has 1 unspecified atom stereocenters. The number of ether oxygens (including phenoxy) is 1. The van der Waals surface area contributed by atoms with Crippen molar-refractivity contribution < 1.29 is 14.4 Å². The van der Waals surface area contributed by atoms with E-state index in [-0.39, 0.29) is 17.7 Å². The van der Waals surface area contributed by atoms with E-state index in [0.29, 0.717) is 24.0 Å². The minimum atomic E-state index is -0.206. The second-order valence-corrected chi connectivity index (χ2v) is 5.30. The monoisotopic (exact) mass is 290 g/mol. The molecule has 3 heterocycles. The number of hydrogen-bond acceptors (Lipinski definition) is 7. The third kappa shape index (κ3) is 2.88. The summed E-state index contributed by atoms with van der Waals surface area (Å²) in [4.78, 5) is 10.5. The van der Waals surface area contributed by atoms with Gasteiger partial charge in [0.05, 0.1) is 18.4 Å². The third-order valence-electron chi connectivity index (χ3n) is 3.59. The molecule has 0 aromatic carbocycles. The van der Waals surface area contributed by atoms with E-state index in [1.165, 1.54) is 6.20 Å². The summed E-state index contributed by atoms with van der Waals surface area (Å²) in [6.07, 6.45) is 2.70. The maximum absolute atomic E-state index is 9.77. The molecule has 112 valence electrons. The highest BCUT2D eigenvalue weighted by Gasteiger charge is 2.27. The van der Waals surface area contributed by atoms with Crippen molar-refractivity contribution in [3.8, 4) is 17.2 Å². The van der Waals surface area contributed by atoms with Gasteiger partial charge in [0.2, 0.25) is 5.82 Å². The Bertz CT molecular complexity index is 614. The zero-order valence-electron chi connectivity index (χ0n) is 12.1. The molecule has 0 spiro atoms. The van der Waals surface area contributed by atoms with E-state index in [9.17, 15) is 5.11 Å². The van der Waals surface area contributed by atoms with Crippen LogP contribution >= 0.6 is 0 Å². The Hall–Kier alpha value is -1.99. The molecule has 2 aromatic heterocycles. The fourth-order valence-corrected chi connectivity index (χ4v) is 2.34. The van der Waals surface area contributed by atoms with Crippen LogP contribution in [-0.4, -0.2) is 50.9 Å². The van der Waals surface area contributed by atoms with E-state index in [2.05, 4.69) is 33.9 Å². The quantitative estimate of drug-likeness (QED) is 0.919. The maximum atomic E-state index is 9.77. The fourth-order valence-electron chi connectivity index (χ4n) is 2.34. The van der Waals surface area contributed by atoms with Crippen LogP contribution < -0.4 is 0 Å². The summed E-state index contributed by atoms with van der Waals surface area (Å²) >= 11 is 0. The first-order valence-corrected chi connectivity index (χ1v) is 6.97. The van der Waals surface area contributed by atoms with Gasteiger partial charge in [-0.25, -0.2) is 0 Å². The number of pyridine rings is 1. The summed E-state index contributed by atoms with van der Waals surface area (Å²) in [7, 11) is 0. The third-order valence-corrected chi connectivity index (χ3v) is 3.59. The molecular weight excluding hydrogens is 272 g/mol. The smallest absolute Gasteiger partial charge is 0.261 e. The van der Waals surface area contributed by atoms with Gasteiger partial charge < -0.3 is 14.4 Å². The maximum Gasteiger partial charge on any atom is 0.261 e. The molecular formula is C14H18N4O3. The summed E-state index contributed by atoms with van der Waals surface area (Å²) in [5, 5.41) is 13.8. The van der Waals surface area contributed by atoms with Gasteiger partial charge >= 0.3 is 0 Å². The van der Waals surface area contributed by atoms with Gasteiger partial charge in [0.1, 0.15) is 11.9 Å². The molecule has 1 aliphatic heterocycles. The molecule has 3 rings (SSSR count). The normalized spacial score (nSPS) is 20.0. The van der Waals surface area contributed by atoms with E-state index in [4.69, 9.17) is 9.26 Å². The molecule has 0 amide bonds. The van der Waals surface area contributed by atoms with Gasteiger partial charge in [-0.1, -0.05) is 5.16 Å². The highest BCUT2D eigenvalue weighted by Crippen LogP contribution is 2.28. The van der Waals surface area contributed by atoms with E-state index in [0.717, 1.165) is 13.1 Å². The van der Waals surface area contributed by atoms with Crippen molar-refractivity contribution in [1.29, 1.82) is 0 Å². The summed E-state index contributed by atoms with van der Waals surface area (Å²) < 4.78 is 11.0. The van der Waals surface area contributed by atoms with Crippen LogP contribution in [-0.2, 0) is 4.74 Å². The lowest BCUT2D eigenvalue weighted by molar-refractivity contribution is -0.0450. The number of morpholine rings is 1. The minimum absolute atomic E-state index is 0.0149. The van der Waals surface area contributed by atoms with Crippen molar-refractivity contribution in [3.05, 3.63) is 24.3 Å². The zero-order valence-corrected chi connectivity index (χ0v) is 12.1. The first kappa shape index (κ1) is 14.0. The molecule has 1 N–H and O–H groups in total. The Labute approximate surface area is 122 Å². The van der Waals surface area contributed by atoms with E-state index in [1.54, 1.807) is 12.3 Å². The van der Waals surface area contributed by atoms with Crippen molar-refractivity contribution in [1.82, 2.24) is 20.0 Å². The molecule has 0 radical (unpaired) electrons. The second kappa shape index (κ2) is 5.79. The number of aromatic nitrogens is 3. The van der Waals surface area contributed by atoms with Crippen LogP contribution in [0.4, 0.5) is 0 Å². The van der Waals surface area contributed by atoms with Crippen LogP contribution in [0, 0.1) is 0 Å². The summed E-state index contributed by atoms with van der Waals surface area (Å²) in [6.45, 7) is 6.59. The highest BCUT2D eigenvalue weighted by molar-refractivity contribution is 5.60. The standard InChI is InChI=1S/C14H18N4O3/c1-9(2)18-5-6-20-12(8-18)13-16-14(21-17-13)10-3-4-15-7-11(10)19/h3-4,7,9,12,19H,5-6,8H2,1-2H3. The molecule has 0 saturated carbocycles. The van der Waals surface area contributed by atoms with Crippen molar-refractivity contribution in [3.63, 3.8) is 0 Å². The van der Waals surface area contributed by atoms with Crippen LogP contribution in [0.2, 0.25) is 0 Å². The van der Waals surface area contributed by atoms with Gasteiger partial charge in [0.25, 0.3) is 5.89 Å². The average Bonchev–Trinajstić information content (AvgIpc) is 2.97. The Morgan fingerprint density at radius 2 is 2.29 bits per heavy atom. The molecule has 1 aliphatic rings. The number of rotatable bonds is 3. The molecule has 0 bridgehead atoms. The van der Waals surface area contributed by atoms with Gasteiger partial charge in [-0.15, -0.1) is 0 Å². The predicted octanol–water partition coefficient (Wildman–Crippen LogP) is 1.62. The molecule has 7 nitrogen and oxygen atoms in total. The van der Waals surface area contributed by atoms with Crippen LogP contribution in [0.1, 0.15) is 25.8 Å². The first-order valence-electron chi connectivity index (χ1n) is 6.97. The molecule has 2 aromatic rings. The van der Waals surface area contributed by atoms with Crippen molar-refractivity contribution >= 4 is 0 Å². The van der Waals surface area contributed by atoms with E-state index >= 15 is 0 Å². The highest BCUT2D eigenvalue weighted by atomic mass is 16.5. The van der Waals surface area contributed by atoms with Crippen molar-refractivity contribution in [2.75, 3.05) is 19.7 Å². The minimum Gasteiger partial charge on any atom is -0.505 e. The summed E-state index contributed by atoms with van der Waals surface area (Å²) in [6, 6.07) is 2.08. The van der Waals surface area contributed by atoms with Crippen LogP contribution in [0.5, 0.6) is 5.75 Å². The van der Waals surface area contributed by atoms with E-state index < -0.39 is 0 Å². The predicted molar refractivity (Wildman–Crippen MR) is 74.6 cm³/mol. The topological polar surface area (TPSA) is 84.5 Å². The van der Waals surface area contributed by atoms with Gasteiger partial charge in [-0.2, -0.15) is 4.98 Å². The molecule has 1 atom stereocenters. The van der Waals surface area contributed by atoms with Gasteiger partial charge in [-0.05, 0) is 19.9 Å². The van der Waals surface area contributed by atoms with Gasteiger partial charge in [0.15, 0.2) is 0 Å². The van der Waals surface area contributed by atoms with Crippen LogP contribution in [0.25, 0.3) is 11.5 Å². The SMILES string of the molecule is CC(C)N1CCOC(c2noc(-c3ccncc3O)n2)C1. The van der Waals surface area contributed by atoms with Crippen LogP contribution in [0.15, 0.2) is 23.0 Å². The number of nitrogens with zero attached hydrogens (tertiary/aromatic N) is 4. The van der Waals surface area contributed by atoms with Gasteiger partial charge in [0, 0.05) is 25.3 Å².